The monoisotopic (exact) mass is 397 g/mol. The number of rotatable bonds is 4. The first-order chi connectivity index (χ1) is 12.7. The van der Waals surface area contributed by atoms with Gasteiger partial charge in [-0.15, -0.1) is 11.3 Å². The molecule has 0 atom stereocenters. The number of benzene rings is 1. The predicted molar refractivity (Wildman–Crippen MR) is 90.4 cm³/mol. The lowest BCUT2D eigenvalue weighted by Crippen LogP contribution is -2.18. The summed E-state index contributed by atoms with van der Waals surface area (Å²) in [5.74, 6) is -1.11. The van der Waals surface area contributed by atoms with Crippen LogP contribution in [0.3, 0.4) is 0 Å². The highest BCUT2D eigenvalue weighted by Gasteiger charge is 2.36. The molecule has 0 aliphatic carbocycles. The van der Waals surface area contributed by atoms with Crippen LogP contribution in [0.2, 0.25) is 0 Å². The van der Waals surface area contributed by atoms with E-state index in [4.69, 9.17) is 0 Å². The van der Waals surface area contributed by atoms with Crippen molar-refractivity contribution in [1.29, 1.82) is 0 Å². The fraction of sp³-hybridized carbons (Fsp3) is 0.125. The number of nitrogens with one attached hydrogen (secondary N) is 1. The van der Waals surface area contributed by atoms with E-state index in [2.05, 4.69) is 20.6 Å². The molecule has 0 bridgehead atoms. The second-order valence-corrected chi connectivity index (χ2v) is 6.18. The molecule has 2 aromatic heterocycles. The number of hydrogen-bond acceptors (Lipinski definition) is 5. The van der Waals surface area contributed by atoms with Crippen LogP contribution in [0.1, 0.15) is 27.4 Å². The molecule has 1 aromatic carbocycles. The summed E-state index contributed by atoms with van der Waals surface area (Å²) in [6.45, 7) is 1.43. The number of aromatic nitrogens is 3. The van der Waals surface area contributed by atoms with E-state index in [0.717, 1.165) is 17.4 Å². The van der Waals surface area contributed by atoms with E-state index in [1.54, 1.807) is 0 Å². The molecule has 140 valence electrons. The van der Waals surface area contributed by atoms with Crippen LogP contribution in [-0.2, 0) is 6.18 Å². The number of carbonyl (C=O) groups is 1. The number of nitrogens with zero attached hydrogens (tertiary/aromatic N) is 4. The number of amides is 1. The molecule has 6 nitrogen and oxygen atoms in total. The van der Waals surface area contributed by atoms with Crippen molar-refractivity contribution in [2.24, 2.45) is 5.10 Å². The van der Waals surface area contributed by atoms with E-state index < -0.39 is 23.6 Å². The predicted octanol–water partition coefficient (Wildman–Crippen LogP) is 3.56. The Bertz CT molecular complexity index is 991. The second kappa shape index (κ2) is 7.27. The van der Waals surface area contributed by atoms with Crippen molar-refractivity contribution < 1.29 is 22.4 Å². The standard InChI is InChI=1S/C16H11F4N5OS/c1-9-6-13(16(18,19)20)25(24-9)15-22-12(8-27-15)14(26)23-21-7-10-2-4-11(17)5-3-10/h2-8H,1H3,(H,23,26). The molecule has 0 aliphatic rings. The van der Waals surface area contributed by atoms with E-state index in [1.165, 1.54) is 42.8 Å². The molecule has 1 amide bonds. The van der Waals surface area contributed by atoms with Gasteiger partial charge in [0.15, 0.2) is 5.69 Å². The largest absolute Gasteiger partial charge is 0.433 e. The van der Waals surface area contributed by atoms with Gasteiger partial charge in [0.05, 0.1) is 11.9 Å². The summed E-state index contributed by atoms with van der Waals surface area (Å²) in [6, 6.07) is 6.30. The minimum Gasteiger partial charge on any atom is -0.266 e. The van der Waals surface area contributed by atoms with Crippen LogP contribution in [-0.4, -0.2) is 26.9 Å². The van der Waals surface area contributed by atoms with Gasteiger partial charge < -0.3 is 0 Å². The van der Waals surface area contributed by atoms with E-state index in [-0.39, 0.29) is 16.5 Å². The first-order valence-electron chi connectivity index (χ1n) is 7.43. The molecular weight excluding hydrogens is 386 g/mol. The van der Waals surface area contributed by atoms with Crippen LogP contribution in [0.4, 0.5) is 17.6 Å². The van der Waals surface area contributed by atoms with Crippen molar-refractivity contribution in [1.82, 2.24) is 20.2 Å². The molecule has 0 radical (unpaired) electrons. The van der Waals surface area contributed by atoms with Crippen molar-refractivity contribution in [3.63, 3.8) is 0 Å². The Morgan fingerprint density at radius 2 is 2.00 bits per heavy atom. The van der Waals surface area contributed by atoms with Crippen molar-refractivity contribution in [3.05, 3.63) is 64.2 Å². The summed E-state index contributed by atoms with van der Waals surface area (Å²) in [5, 5.41) is 8.69. The van der Waals surface area contributed by atoms with Crippen molar-refractivity contribution >= 4 is 23.5 Å². The zero-order valence-corrected chi connectivity index (χ0v) is 14.5. The maximum atomic E-state index is 13.1. The van der Waals surface area contributed by atoms with Crippen LogP contribution in [0.5, 0.6) is 0 Å². The van der Waals surface area contributed by atoms with Gasteiger partial charge in [-0.2, -0.15) is 23.4 Å². The Kier molecular flexibility index (Phi) is 5.04. The van der Waals surface area contributed by atoms with Gasteiger partial charge in [-0.05, 0) is 30.7 Å². The molecule has 0 aliphatic heterocycles. The number of halogens is 4. The zero-order chi connectivity index (χ0) is 19.6. The van der Waals surface area contributed by atoms with Crippen LogP contribution >= 0.6 is 11.3 Å². The Balaban J connectivity index is 1.74. The Labute approximate surface area is 154 Å². The van der Waals surface area contributed by atoms with Gasteiger partial charge in [0.2, 0.25) is 5.13 Å². The molecule has 0 unspecified atom stereocenters. The first-order valence-corrected chi connectivity index (χ1v) is 8.31. The topological polar surface area (TPSA) is 72.2 Å². The summed E-state index contributed by atoms with van der Waals surface area (Å²) in [7, 11) is 0. The molecule has 0 saturated carbocycles. The molecule has 1 N–H and O–H groups in total. The molecule has 0 spiro atoms. The van der Waals surface area contributed by atoms with Crippen molar-refractivity contribution in [3.8, 4) is 5.13 Å². The second-order valence-electron chi connectivity index (χ2n) is 5.35. The van der Waals surface area contributed by atoms with Gasteiger partial charge in [0.25, 0.3) is 5.91 Å². The quantitative estimate of drug-likeness (QED) is 0.416. The maximum absolute atomic E-state index is 13.1. The molecule has 0 saturated heterocycles. The number of aryl methyl sites for hydroxylation is 1. The van der Waals surface area contributed by atoms with Gasteiger partial charge in [-0.3, -0.25) is 4.79 Å². The molecule has 11 heteroatoms. The molecule has 2 heterocycles. The number of hydrogen-bond donors (Lipinski definition) is 1. The van der Waals surface area contributed by atoms with Crippen molar-refractivity contribution in [2.45, 2.75) is 13.1 Å². The average molecular weight is 397 g/mol. The molecule has 0 fully saturated rings. The van der Waals surface area contributed by atoms with E-state index in [9.17, 15) is 22.4 Å². The van der Waals surface area contributed by atoms with E-state index in [0.29, 0.717) is 10.2 Å². The summed E-state index contributed by atoms with van der Waals surface area (Å²) >= 11 is 0.841. The minimum atomic E-state index is -4.60. The van der Waals surface area contributed by atoms with Crippen molar-refractivity contribution in [2.75, 3.05) is 0 Å². The van der Waals surface area contributed by atoms with Gasteiger partial charge in [-0.1, -0.05) is 12.1 Å². The normalized spacial score (nSPS) is 11.9. The summed E-state index contributed by atoms with van der Waals surface area (Å²) in [4.78, 5) is 15.9. The van der Waals surface area contributed by atoms with Crippen LogP contribution in [0.15, 0.2) is 40.8 Å². The fourth-order valence-corrected chi connectivity index (χ4v) is 2.85. The SMILES string of the molecule is Cc1cc(C(F)(F)F)n(-c2nc(C(=O)NN=Cc3ccc(F)cc3)cs2)n1. The highest BCUT2D eigenvalue weighted by Crippen LogP contribution is 2.32. The summed E-state index contributed by atoms with van der Waals surface area (Å²) in [6.07, 6.45) is -3.31. The summed E-state index contributed by atoms with van der Waals surface area (Å²) < 4.78 is 52.6. The molecular formula is C16H11F4N5OS. The van der Waals surface area contributed by atoms with Gasteiger partial charge in [0, 0.05) is 5.38 Å². The third-order valence-electron chi connectivity index (χ3n) is 3.28. The number of carbonyl (C=O) groups excluding carboxylic acids is 1. The van der Waals surface area contributed by atoms with Crippen LogP contribution in [0.25, 0.3) is 5.13 Å². The third kappa shape index (κ3) is 4.37. The summed E-state index contributed by atoms with van der Waals surface area (Å²) in [5.41, 5.74) is 1.85. The molecule has 27 heavy (non-hydrogen) atoms. The Morgan fingerprint density at radius 3 is 2.67 bits per heavy atom. The Morgan fingerprint density at radius 1 is 1.30 bits per heavy atom. The van der Waals surface area contributed by atoms with E-state index >= 15 is 0 Å². The van der Waals surface area contributed by atoms with Gasteiger partial charge in [0.1, 0.15) is 11.5 Å². The lowest BCUT2D eigenvalue weighted by molar-refractivity contribution is -0.142. The zero-order valence-electron chi connectivity index (χ0n) is 13.7. The number of alkyl halides is 3. The van der Waals surface area contributed by atoms with E-state index in [1.807, 2.05) is 0 Å². The molecule has 3 rings (SSSR count). The van der Waals surface area contributed by atoms with Gasteiger partial charge in [-0.25, -0.2) is 19.5 Å². The highest BCUT2D eigenvalue weighted by atomic mass is 32.1. The fourth-order valence-electron chi connectivity index (χ4n) is 2.08. The first kappa shape index (κ1) is 18.7. The third-order valence-corrected chi connectivity index (χ3v) is 4.09. The maximum Gasteiger partial charge on any atom is 0.433 e. The van der Waals surface area contributed by atoms with Gasteiger partial charge >= 0.3 is 6.18 Å². The highest BCUT2D eigenvalue weighted by molar-refractivity contribution is 7.12. The smallest absolute Gasteiger partial charge is 0.266 e. The van der Waals surface area contributed by atoms with Crippen LogP contribution < -0.4 is 5.43 Å². The lowest BCUT2D eigenvalue weighted by Gasteiger charge is -2.07. The minimum absolute atomic E-state index is 0.0944. The number of hydrazone groups is 1. The molecule has 3 aromatic rings. The average Bonchev–Trinajstić information content (AvgIpc) is 3.22. The Hall–Kier alpha value is -3.08. The lowest BCUT2D eigenvalue weighted by atomic mass is 10.2. The number of thiazole rings is 1. The van der Waals surface area contributed by atoms with Crippen LogP contribution in [0, 0.1) is 12.7 Å².